The molecule has 0 bridgehead atoms. The molecule has 180 valence electrons. The van der Waals surface area contributed by atoms with Crippen molar-refractivity contribution >= 4 is 33.2 Å². The predicted octanol–water partition coefficient (Wildman–Crippen LogP) is 3.81. The normalized spacial score (nSPS) is 15.3. The molecule has 1 heterocycles. The minimum Gasteiger partial charge on any atom is -0.495 e. The molecule has 0 aromatic heterocycles. The van der Waals surface area contributed by atoms with Gasteiger partial charge in [0.05, 0.1) is 19.1 Å². The second-order valence-corrected chi connectivity index (χ2v) is 10.6. The molecule has 0 radical (unpaired) electrons. The summed E-state index contributed by atoms with van der Waals surface area (Å²) >= 11 is 6.13. The molecule has 1 N–H and O–H groups in total. The van der Waals surface area contributed by atoms with Gasteiger partial charge in [-0.15, -0.1) is 0 Å². The van der Waals surface area contributed by atoms with Gasteiger partial charge in [-0.05, 0) is 61.7 Å². The average molecular weight is 494 g/mol. The smallest absolute Gasteiger partial charge is 0.244 e. The number of halogens is 1. The summed E-state index contributed by atoms with van der Waals surface area (Å²) in [6, 6.07) is 11.9. The topological polar surface area (TPSA) is 79.0 Å². The highest BCUT2D eigenvalue weighted by atomic mass is 35.5. The number of hydrogen-bond acceptors (Lipinski definition) is 5. The minimum atomic E-state index is -3.80. The third-order valence-corrected chi connectivity index (χ3v) is 7.17. The highest BCUT2D eigenvalue weighted by Crippen LogP contribution is 2.34. The van der Waals surface area contributed by atoms with Gasteiger partial charge in [-0.2, -0.15) is 0 Å². The summed E-state index contributed by atoms with van der Waals surface area (Å²) in [5.74, 6) is -0.0550. The number of benzene rings is 2. The Bertz CT molecular complexity index is 1070. The van der Waals surface area contributed by atoms with Crippen molar-refractivity contribution in [2.75, 3.05) is 30.8 Å². The summed E-state index contributed by atoms with van der Waals surface area (Å²) < 4.78 is 31.9. The monoisotopic (exact) mass is 493 g/mol. The summed E-state index contributed by atoms with van der Waals surface area (Å²) in [5, 5.41) is 3.26. The Morgan fingerprint density at radius 3 is 2.52 bits per heavy atom. The first-order valence-corrected chi connectivity index (χ1v) is 13.4. The van der Waals surface area contributed by atoms with Crippen molar-refractivity contribution in [1.29, 1.82) is 0 Å². The number of ether oxygens (including phenoxy) is 1. The molecule has 0 aliphatic carbocycles. The maximum absolute atomic E-state index is 13.2. The molecule has 1 amide bonds. The first-order chi connectivity index (χ1) is 15.7. The van der Waals surface area contributed by atoms with Crippen molar-refractivity contribution in [2.45, 2.75) is 45.3 Å². The van der Waals surface area contributed by atoms with Crippen LogP contribution in [0.5, 0.6) is 5.75 Å². The van der Waals surface area contributed by atoms with Crippen molar-refractivity contribution in [3.8, 4) is 5.75 Å². The Labute approximate surface area is 201 Å². The highest BCUT2D eigenvalue weighted by Gasteiger charge is 2.33. The number of carbonyl (C=O) groups excluding carboxylic acids is 1. The fourth-order valence-corrected chi connectivity index (χ4v) is 5.59. The third kappa shape index (κ3) is 6.62. The molecule has 33 heavy (non-hydrogen) atoms. The zero-order chi connectivity index (χ0) is 24.0. The van der Waals surface area contributed by atoms with Gasteiger partial charge in [-0.3, -0.25) is 14.0 Å². The summed E-state index contributed by atoms with van der Waals surface area (Å²) in [4.78, 5) is 15.6. The number of methoxy groups -OCH3 is 1. The number of amides is 1. The van der Waals surface area contributed by atoms with Gasteiger partial charge in [0.25, 0.3) is 0 Å². The first-order valence-electron chi connectivity index (χ1n) is 11.1. The minimum absolute atomic E-state index is 0.238. The number of carbonyl (C=O) groups is 1. The zero-order valence-corrected chi connectivity index (χ0v) is 21.0. The van der Waals surface area contributed by atoms with Crippen LogP contribution in [0.4, 0.5) is 5.69 Å². The molecule has 9 heteroatoms. The number of nitrogens with one attached hydrogen (secondary N) is 1. The number of likely N-dealkylation sites (tertiary alicyclic amines) is 1. The second kappa shape index (κ2) is 11.2. The lowest BCUT2D eigenvalue weighted by Crippen LogP contribution is -2.49. The lowest BCUT2D eigenvalue weighted by Gasteiger charge is -2.31. The fourth-order valence-electron chi connectivity index (χ4n) is 4.21. The van der Waals surface area contributed by atoms with E-state index in [1.807, 2.05) is 12.1 Å². The van der Waals surface area contributed by atoms with E-state index in [0.29, 0.717) is 17.3 Å². The van der Waals surface area contributed by atoms with Crippen LogP contribution in [-0.2, 0) is 27.9 Å². The Kier molecular flexibility index (Phi) is 8.62. The third-order valence-electron chi connectivity index (χ3n) is 5.77. The molecule has 1 fully saturated rings. The number of anilines is 1. The van der Waals surface area contributed by atoms with Crippen LogP contribution in [0.25, 0.3) is 0 Å². The largest absolute Gasteiger partial charge is 0.495 e. The van der Waals surface area contributed by atoms with Crippen LogP contribution in [0.3, 0.4) is 0 Å². The zero-order valence-electron chi connectivity index (χ0n) is 19.4. The molecule has 0 spiro atoms. The van der Waals surface area contributed by atoms with E-state index in [-0.39, 0.29) is 18.0 Å². The van der Waals surface area contributed by atoms with Crippen LogP contribution < -0.4 is 14.4 Å². The molecule has 0 saturated carbocycles. The van der Waals surface area contributed by atoms with E-state index >= 15 is 0 Å². The SMILES string of the molecule is CC[C@H](C(=O)NCc1cccc(CN2CCCC2)c1)N(c1cc(Cl)ccc1OC)S(C)(=O)=O. The molecule has 0 unspecified atom stereocenters. The van der Waals surface area contributed by atoms with Crippen LogP contribution >= 0.6 is 11.6 Å². The van der Waals surface area contributed by atoms with Crippen molar-refractivity contribution < 1.29 is 17.9 Å². The number of sulfonamides is 1. The van der Waals surface area contributed by atoms with E-state index < -0.39 is 16.1 Å². The lowest BCUT2D eigenvalue weighted by atomic mass is 10.1. The number of nitrogens with zero attached hydrogens (tertiary/aromatic N) is 2. The van der Waals surface area contributed by atoms with Gasteiger partial charge in [0, 0.05) is 18.1 Å². The summed E-state index contributed by atoms with van der Waals surface area (Å²) in [6.45, 7) is 5.22. The predicted molar refractivity (Wildman–Crippen MR) is 132 cm³/mol. The van der Waals surface area contributed by atoms with Crippen LogP contribution in [0.15, 0.2) is 42.5 Å². The van der Waals surface area contributed by atoms with Gasteiger partial charge >= 0.3 is 0 Å². The van der Waals surface area contributed by atoms with E-state index in [2.05, 4.69) is 22.3 Å². The van der Waals surface area contributed by atoms with Crippen molar-refractivity contribution in [1.82, 2.24) is 10.2 Å². The molecular formula is C24H32ClN3O4S. The van der Waals surface area contributed by atoms with Gasteiger partial charge < -0.3 is 10.1 Å². The standard InChI is InChI=1S/C24H32ClN3O4S/c1-4-21(28(33(3,30)31)22-15-20(25)10-11-23(22)32-2)24(29)26-16-18-8-7-9-19(14-18)17-27-12-5-6-13-27/h7-11,14-15,21H,4-6,12-13,16-17H2,1-3H3,(H,26,29)/t21-/m1/s1. The molecule has 2 aromatic rings. The van der Waals surface area contributed by atoms with Gasteiger partial charge in [0.1, 0.15) is 11.8 Å². The van der Waals surface area contributed by atoms with Crippen LogP contribution in [0, 0.1) is 0 Å². The van der Waals surface area contributed by atoms with Crippen LogP contribution in [0.2, 0.25) is 5.02 Å². The Balaban J connectivity index is 1.77. The fraction of sp³-hybridized carbons (Fsp3) is 0.458. The van der Waals surface area contributed by atoms with Gasteiger partial charge in [-0.1, -0.05) is 42.8 Å². The molecule has 1 aliphatic heterocycles. The molecular weight excluding hydrogens is 462 g/mol. The van der Waals surface area contributed by atoms with Crippen LogP contribution in [0.1, 0.15) is 37.3 Å². The number of rotatable bonds is 10. The lowest BCUT2D eigenvalue weighted by molar-refractivity contribution is -0.122. The summed E-state index contributed by atoms with van der Waals surface area (Å²) in [6.07, 6.45) is 3.83. The summed E-state index contributed by atoms with van der Waals surface area (Å²) in [5.41, 5.74) is 2.42. The van der Waals surface area contributed by atoms with Gasteiger partial charge in [0.2, 0.25) is 15.9 Å². The van der Waals surface area contributed by atoms with Crippen LogP contribution in [-0.4, -0.2) is 51.7 Å². The second-order valence-electron chi connectivity index (χ2n) is 8.32. The van der Waals surface area contributed by atoms with E-state index in [4.69, 9.17) is 16.3 Å². The number of hydrogen-bond donors (Lipinski definition) is 1. The molecule has 1 aliphatic rings. The molecule has 2 aromatic carbocycles. The maximum atomic E-state index is 13.2. The van der Waals surface area contributed by atoms with Crippen molar-refractivity contribution in [3.63, 3.8) is 0 Å². The summed E-state index contributed by atoms with van der Waals surface area (Å²) in [7, 11) is -2.35. The molecule has 1 saturated heterocycles. The van der Waals surface area contributed by atoms with Gasteiger partial charge in [-0.25, -0.2) is 8.42 Å². The van der Waals surface area contributed by atoms with E-state index in [1.165, 1.54) is 31.6 Å². The molecule has 7 nitrogen and oxygen atoms in total. The Morgan fingerprint density at radius 2 is 1.88 bits per heavy atom. The van der Waals surface area contributed by atoms with E-state index in [1.54, 1.807) is 19.1 Å². The average Bonchev–Trinajstić information content (AvgIpc) is 3.28. The van der Waals surface area contributed by atoms with E-state index in [0.717, 1.165) is 35.8 Å². The molecule has 1 atom stereocenters. The quantitative estimate of drug-likeness (QED) is 0.544. The van der Waals surface area contributed by atoms with Gasteiger partial charge in [0.15, 0.2) is 0 Å². The van der Waals surface area contributed by atoms with Crippen molar-refractivity contribution in [2.24, 2.45) is 0 Å². The maximum Gasteiger partial charge on any atom is 0.244 e. The Hall–Kier alpha value is -2.29. The molecule has 3 rings (SSSR count). The van der Waals surface area contributed by atoms with Crippen molar-refractivity contribution in [3.05, 3.63) is 58.6 Å². The first kappa shape index (κ1) is 25.3. The van der Waals surface area contributed by atoms with E-state index in [9.17, 15) is 13.2 Å². The Morgan fingerprint density at radius 1 is 1.18 bits per heavy atom. The highest BCUT2D eigenvalue weighted by molar-refractivity contribution is 7.92.